The van der Waals surface area contributed by atoms with Gasteiger partial charge in [-0.05, 0) is 71.8 Å². The first-order valence-electron chi connectivity index (χ1n) is 8.23. The predicted molar refractivity (Wildman–Crippen MR) is 108 cm³/mol. The van der Waals surface area contributed by atoms with Gasteiger partial charge >= 0.3 is 0 Å². The summed E-state index contributed by atoms with van der Waals surface area (Å²) in [7, 11) is -3.62. The van der Waals surface area contributed by atoms with Crippen LogP contribution in [0.15, 0.2) is 53.4 Å². The predicted octanol–water partition coefficient (Wildman–Crippen LogP) is 3.00. The highest BCUT2D eigenvalue weighted by Crippen LogP contribution is 2.19. The molecule has 1 heterocycles. The SMILES string of the molecule is O=C(Nc1ccccc1I)c1ccc(S(=O)(=O)NC[C@H]2CCCO2)cc1. The van der Waals surface area contributed by atoms with Crippen LogP contribution in [-0.2, 0) is 14.8 Å². The Balaban J connectivity index is 1.65. The number of hydrogen-bond donors (Lipinski definition) is 2. The van der Waals surface area contributed by atoms with Gasteiger partial charge in [0.05, 0.1) is 16.7 Å². The highest BCUT2D eigenvalue weighted by atomic mass is 127. The summed E-state index contributed by atoms with van der Waals surface area (Å²) in [4.78, 5) is 12.5. The minimum atomic E-state index is -3.62. The summed E-state index contributed by atoms with van der Waals surface area (Å²) < 4.78 is 33.6. The molecule has 0 radical (unpaired) electrons. The van der Waals surface area contributed by atoms with Crippen molar-refractivity contribution >= 4 is 44.2 Å². The van der Waals surface area contributed by atoms with Crippen molar-refractivity contribution in [1.82, 2.24) is 4.72 Å². The molecule has 0 unspecified atom stereocenters. The van der Waals surface area contributed by atoms with Crippen LogP contribution in [-0.4, -0.2) is 33.6 Å². The van der Waals surface area contributed by atoms with Gasteiger partial charge in [0, 0.05) is 22.3 Å². The third-order valence-corrected chi connectivity index (χ3v) is 6.45. The van der Waals surface area contributed by atoms with Crippen molar-refractivity contribution in [3.05, 3.63) is 57.7 Å². The van der Waals surface area contributed by atoms with Gasteiger partial charge in [0.2, 0.25) is 10.0 Å². The molecule has 138 valence electrons. The molecule has 1 aliphatic heterocycles. The number of amides is 1. The fourth-order valence-corrected chi connectivity index (χ4v) is 4.22. The lowest BCUT2D eigenvalue weighted by atomic mass is 10.2. The van der Waals surface area contributed by atoms with Crippen molar-refractivity contribution in [3.8, 4) is 0 Å². The van der Waals surface area contributed by atoms with E-state index in [1.54, 1.807) is 0 Å². The molecule has 1 fully saturated rings. The highest BCUT2D eigenvalue weighted by Gasteiger charge is 2.20. The third-order valence-electron chi connectivity index (χ3n) is 4.07. The topological polar surface area (TPSA) is 84.5 Å². The van der Waals surface area contributed by atoms with Crippen LogP contribution in [0.3, 0.4) is 0 Å². The number of ether oxygens (including phenoxy) is 1. The van der Waals surface area contributed by atoms with Crippen LogP contribution in [0.2, 0.25) is 0 Å². The molecule has 26 heavy (non-hydrogen) atoms. The Hall–Kier alpha value is -1.49. The molecule has 1 amide bonds. The second-order valence-corrected chi connectivity index (χ2v) is 8.87. The Morgan fingerprint density at radius 1 is 1.15 bits per heavy atom. The lowest BCUT2D eigenvalue weighted by Crippen LogP contribution is -2.31. The van der Waals surface area contributed by atoms with E-state index in [1.165, 1.54) is 24.3 Å². The molecule has 0 aromatic heterocycles. The quantitative estimate of drug-likeness (QED) is 0.616. The first-order chi connectivity index (χ1) is 12.5. The smallest absolute Gasteiger partial charge is 0.255 e. The Kier molecular flexibility index (Phi) is 6.28. The third kappa shape index (κ3) is 4.81. The Labute approximate surface area is 166 Å². The zero-order valence-electron chi connectivity index (χ0n) is 13.9. The van der Waals surface area contributed by atoms with Gasteiger partial charge in [-0.25, -0.2) is 13.1 Å². The molecule has 6 nitrogen and oxygen atoms in total. The van der Waals surface area contributed by atoms with Gasteiger partial charge in [-0.1, -0.05) is 12.1 Å². The number of anilines is 1. The van der Waals surface area contributed by atoms with Crippen molar-refractivity contribution in [1.29, 1.82) is 0 Å². The average molecular weight is 486 g/mol. The van der Waals surface area contributed by atoms with Crippen LogP contribution >= 0.6 is 22.6 Å². The van der Waals surface area contributed by atoms with Gasteiger partial charge in [-0.15, -0.1) is 0 Å². The summed E-state index contributed by atoms with van der Waals surface area (Å²) in [6, 6.07) is 13.3. The fraction of sp³-hybridized carbons (Fsp3) is 0.278. The van der Waals surface area contributed by atoms with Crippen LogP contribution in [0, 0.1) is 3.57 Å². The number of halogens is 1. The second-order valence-electron chi connectivity index (χ2n) is 5.95. The Bertz CT molecular complexity index is 878. The van der Waals surface area contributed by atoms with Crippen LogP contribution in [0.1, 0.15) is 23.2 Å². The molecule has 0 spiro atoms. The lowest BCUT2D eigenvalue weighted by Gasteiger charge is -2.12. The maximum absolute atomic E-state index is 12.3. The summed E-state index contributed by atoms with van der Waals surface area (Å²) in [5.41, 5.74) is 1.11. The standard InChI is InChI=1S/C18H19IN2O4S/c19-16-5-1-2-6-17(16)21-18(22)13-7-9-15(10-8-13)26(23,24)20-12-14-4-3-11-25-14/h1-2,5-10,14,20H,3-4,11-12H2,(H,21,22)/t14-/m1/s1. The fourth-order valence-electron chi connectivity index (χ4n) is 2.63. The van der Waals surface area contributed by atoms with Gasteiger partial charge < -0.3 is 10.1 Å². The van der Waals surface area contributed by atoms with Gasteiger partial charge in [0.1, 0.15) is 0 Å². The molecular formula is C18H19IN2O4S. The maximum atomic E-state index is 12.3. The number of para-hydroxylation sites is 1. The molecule has 0 bridgehead atoms. The number of carbonyl (C=O) groups excluding carboxylic acids is 1. The minimum absolute atomic E-state index is 0.0665. The summed E-state index contributed by atoms with van der Waals surface area (Å²) in [6.45, 7) is 0.938. The second kappa shape index (κ2) is 8.47. The van der Waals surface area contributed by atoms with Crippen LogP contribution < -0.4 is 10.0 Å². The summed E-state index contributed by atoms with van der Waals surface area (Å²) >= 11 is 2.14. The molecule has 2 aromatic rings. The molecule has 1 aliphatic rings. The number of carbonyl (C=O) groups is 1. The molecule has 0 saturated carbocycles. The number of sulfonamides is 1. The van der Waals surface area contributed by atoms with Crippen molar-refractivity contribution in [2.45, 2.75) is 23.8 Å². The number of rotatable bonds is 6. The van der Waals surface area contributed by atoms with E-state index in [1.807, 2.05) is 24.3 Å². The number of nitrogens with one attached hydrogen (secondary N) is 2. The van der Waals surface area contributed by atoms with E-state index < -0.39 is 10.0 Å². The molecule has 1 atom stereocenters. The molecule has 0 aliphatic carbocycles. The normalized spacial score (nSPS) is 17.2. The van der Waals surface area contributed by atoms with Gasteiger partial charge in [0.15, 0.2) is 0 Å². The van der Waals surface area contributed by atoms with Gasteiger partial charge in [-0.2, -0.15) is 0 Å². The zero-order valence-corrected chi connectivity index (χ0v) is 16.9. The molecule has 1 saturated heterocycles. The van der Waals surface area contributed by atoms with Crippen molar-refractivity contribution < 1.29 is 17.9 Å². The molecule has 8 heteroatoms. The van der Waals surface area contributed by atoms with E-state index in [0.717, 1.165) is 16.4 Å². The van der Waals surface area contributed by atoms with E-state index in [4.69, 9.17) is 4.74 Å². The largest absolute Gasteiger partial charge is 0.377 e. The number of benzene rings is 2. The van der Waals surface area contributed by atoms with Crippen LogP contribution in [0.25, 0.3) is 0 Å². The van der Waals surface area contributed by atoms with E-state index in [2.05, 4.69) is 32.6 Å². The number of hydrogen-bond acceptors (Lipinski definition) is 4. The monoisotopic (exact) mass is 486 g/mol. The van der Waals surface area contributed by atoms with E-state index in [9.17, 15) is 13.2 Å². The Morgan fingerprint density at radius 3 is 2.54 bits per heavy atom. The summed E-state index contributed by atoms with van der Waals surface area (Å²) in [5.74, 6) is -0.287. The Morgan fingerprint density at radius 2 is 1.88 bits per heavy atom. The average Bonchev–Trinajstić information content (AvgIpc) is 3.16. The van der Waals surface area contributed by atoms with E-state index >= 15 is 0 Å². The van der Waals surface area contributed by atoms with Gasteiger partial charge in [0.25, 0.3) is 5.91 Å². The molecular weight excluding hydrogens is 467 g/mol. The van der Waals surface area contributed by atoms with Crippen molar-refractivity contribution in [3.63, 3.8) is 0 Å². The van der Waals surface area contributed by atoms with Gasteiger partial charge in [-0.3, -0.25) is 4.79 Å². The summed E-state index contributed by atoms with van der Waals surface area (Å²) in [6.07, 6.45) is 1.75. The molecule has 2 aromatic carbocycles. The first kappa shape index (κ1) is 19.3. The minimum Gasteiger partial charge on any atom is -0.377 e. The zero-order chi connectivity index (χ0) is 18.6. The van der Waals surface area contributed by atoms with E-state index in [-0.39, 0.29) is 23.5 Å². The van der Waals surface area contributed by atoms with Crippen LogP contribution in [0.5, 0.6) is 0 Å². The summed E-state index contributed by atoms with van der Waals surface area (Å²) in [5, 5.41) is 2.82. The van der Waals surface area contributed by atoms with Crippen molar-refractivity contribution in [2.24, 2.45) is 0 Å². The maximum Gasteiger partial charge on any atom is 0.255 e. The van der Waals surface area contributed by atoms with Crippen LogP contribution in [0.4, 0.5) is 5.69 Å². The highest BCUT2D eigenvalue weighted by molar-refractivity contribution is 14.1. The van der Waals surface area contributed by atoms with Crippen molar-refractivity contribution in [2.75, 3.05) is 18.5 Å². The lowest BCUT2D eigenvalue weighted by molar-refractivity contribution is 0.102. The first-order valence-corrected chi connectivity index (χ1v) is 10.8. The molecule has 3 rings (SSSR count). The van der Waals surface area contributed by atoms with E-state index in [0.29, 0.717) is 17.9 Å². The molecule has 2 N–H and O–H groups in total.